The zero-order chi connectivity index (χ0) is 76.0. The number of allylic oxidation sites excluding steroid dienone is 20. The third-order valence-corrected chi connectivity index (χ3v) is 18.8. The zero-order valence-electron chi connectivity index (χ0n) is 65.4. The largest absolute Gasteiger partial charge is 0.472 e. The highest BCUT2D eigenvalue weighted by atomic mass is 31.2. The topological polar surface area (TPSA) is 237 Å². The first kappa shape index (κ1) is 99.5. The van der Waals surface area contributed by atoms with Crippen LogP contribution in [0.3, 0.4) is 0 Å². The maximum absolute atomic E-state index is 13.1. The van der Waals surface area contributed by atoms with Gasteiger partial charge in [-0.3, -0.25) is 37.3 Å². The standard InChI is InChI=1S/C85H146O17P2/c1-5-9-13-17-21-25-29-33-37-38-39-40-44-46-50-54-58-62-66-70-83(88)96-76-81(102-85(90)72-68-64-60-56-52-48-43-36-32-28-24-20-16-12-8-4)78-100-104(93,94)98-74-79(86)73-97-103(91,92)99-77-80(101-84(89)71-67-63-59-55-51-47-42-35-31-27-23-19-15-11-7-3)75-95-82(87)69-65-61-57-53-49-45-41-34-30-26-22-18-14-10-6-2/h9,13,21-22,25-27,31,33-34,36-37,39-41,43,46,50,58,62,79-81,86H,5-8,10-12,14-20,23-24,28-30,32,35,38,42,44-45,47-49,51-57,59-61,63-78H2,1-4H3,(H,91,92)(H,93,94)/b13-9-,25-21-,26-22-,31-27-,37-33-,40-39-,41-34-,43-36-,50-46-,62-58-/t79-,80+,81+/m0/s1. The summed E-state index contributed by atoms with van der Waals surface area (Å²) in [4.78, 5) is 73.0. The molecule has 0 saturated carbocycles. The van der Waals surface area contributed by atoms with E-state index in [0.29, 0.717) is 32.1 Å². The van der Waals surface area contributed by atoms with Crippen molar-refractivity contribution in [1.82, 2.24) is 0 Å². The van der Waals surface area contributed by atoms with Crippen LogP contribution in [-0.4, -0.2) is 96.7 Å². The number of hydrogen-bond acceptors (Lipinski definition) is 15. The lowest BCUT2D eigenvalue weighted by atomic mass is 10.1. The molecule has 0 aromatic rings. The van der Waals surface area contributed by atoms with Gasteiger partial charge in [-0.05, 0) is 148 Å². The quantitative estimate of drug-likeness (QED) is 0.0169. The number of ether oxygens (including phenoxy) is 4. The van der Waals surface area contributed by atoms with Gasteiger partial charge in [0.25, 0.3) is 0 Å². The van der Waals surface area contributed by atoms with E-state index in [-0.39, 0.29) is 25.7 Å². The summed E-state index contributed by atoms with van der Waals surface area (Å²) in [5.41, 5.74) is 0. The molecule has 19 heteroatoms. The van der Waals surface area contributed by atoms with E-state index in [0.717, 1.165) is 167 Å². The lowest BCUT2D eigenvalue weighted by molar-refractivity contribution is -0.161. The summed E-state index contributed by atoms with van der Waals surface area (Å²) in [5, 5.41) is 10.6. The molecule has 0 aromatic heterocycles. The number of esters is 4. The highest BCUT2D eigenvalue weighted by Crippen LogP contribution is 2.45. The number of carbonyl (C=O) groups excluding carboxylic acids is 4. The Labute approximate surface area is 632 Å². The summed E-state index contributed by atoms with van der Waals surface area (Å²) in [7, 11) is -9.99. The molecule has 598 valence electrons. The Morgan fingerprint density at radius 3 is 0.865 bits per heavy atom. The van der Waals surface area contributed by atoms with Gasteiger partial charge in [-0.15, -0.1) is 0 Å². The second-order valence-corrected chi connectivity index (χ2v) is 29.9. The monoisotopic (exact) mass is 1500 g/mol. The van der Waals surface area contributed by atoms with E-state index in [1.807, 2.05) is 18.2 Å². The van der Waals surface area contributed by atoms with Crippen molar-refractivity contribution in [1.29, 1.82) is 0 Å². The van der Waals surface area contributed by atoms with Crippen LogP contribution in [0.2, 0.25) is 0 Å². The molecule has 0 aliphatic rings. The number of phosphoric ester groups is 2. The Kier molecular flexibility index (Phi) is 73.3. The lowest BCUT2D eigenvalue weighted by Gasteiger charge is -2.21. The fourth-order valence-electron chi connectivity index (χ4n) is 10.7. The minimum Gasteiger partial charge on any atom is -0.462 e. The van der Waals surface area contributed by atoms with Gasteiger partial charge in [0.2, 0.25) is 0 Å². The molecule has 0 heterocycles. The second-order valence-electron chi connectivity index (χ2n) is 27.0. The van der Waals surface area contributed by atoms with Gasteiger partial charge < -0.3 is 33.8 Å². The molecular formula is C85H146O17P2. The number of carbonyl (C=O) groups is 4. The molecule has 0 aliphatic carbocycles. The average molecular weight is 1500 g/mol. The molecule has 104 heavy (non-hydrogen) atoms. The van der Waals surface area contributed by atoms with E-state index in [1.54, 1.807) is 0 Å². The molecule has 0 aromatic carbocycles. The van der Waals surface area contributed by atoms with Gasteiger partial charge in [0.15, 0.2) is 12.2 Å². The Bertz CT molecular complexity index is 2440. The summed E-state index contributed by atoms with van der Waals surface area (Å²) >= 11 is 0. The molecule has 0 bridgehead atoms. The minimum atomic E-state index is -5.00. The fourth-order valence-corrected chi connectivity index (χ4v) is 12.3. The third-order valence-electron chi connectivity index (χ3n) is 16.9. The molecular weight excluding hydrogens is 1350 g/mol. The van der Waals surface area contributed by atoms with Crippen molar-refractivity contribution in [3.63, 3.8) is 0 Å². The van der Waals surface area contributed by atoms with Crippen molar-refractivity contribution in [3.8, 4) is 0 Å². The van der Waals surface area contributed by atoms with E-state index < -0.39 is 97.5 Å². The average Bonchev–Trinajstić information content (AvgIpc) is 0.918. The second kappa shape index (κ2) is 76.6. The number of unbranched alkanes of at least 4 members (excludes halogenated alkanes) is 30. The van der Waals surface area contributed by atoms with E-state index in [4.69, 9.17) is 37.0 Å². The molecule has 0 rings (SSSR count). The Balaban J connectivity index is 5.44. The van der Waals surface area contributed by atoms with Crippen molar-refractivity contribution in [2.75, 3.05) is 39.6 Å². The molecule has 0 saturated heterocycles. The smallest absolute Gasteiger partial charge is 0.462 e. The van der Waals surface area contributed by atoms with Gasteiger partial charge >= 0.3 is 39.5 Å². The predicted octanol–water partition coefficient (Wildman–Crippen LogP) is 23.9. The van der Waals surface area contributed by atoms with Crippen molar-refractivity contribution in [2.45, 2.75) is 354 Å². The first-order valence-corrected chi connectivity index (χ1v) is 43.8. The number of rotatable bonds is 76. The summed E-state index contributed by atoms with van der Waals surface area (Å²) in [6.07, 6.45) is 84.7. The number of aliphatic hydroxyl groups is 1. The summed E-state index contributed by atoms with van der Waals surface area (Å²) in [6.45, 7) is 4.63. The molecule has 0 fully saturated rings. The highest BCUT2D eigenvalue weighted by molar-refractivity contribution is 7.47. The summed E-state index contributed by atoms with van der Waals surface area (Å²) < 4.78 is 68.6. The molecule has 3 N–H and O–H groups in total. The van der Waals surface area contributed by atoms with Gasteiger partial charge in [0.05, 0.1) is 26.4 Å². The third kappa shape index (κ3) is 75.7. The van der Waals surface area contributed by atoms with E-state index in [9.17, 15) is 43.2 Å². The summed E-state index contributed by atoms with van der Waals surface area (Å²) in [6, 6.07) is 0. The van der Waals surface area contributed by atoms with Gasteiger partial charge in [-0.25, -0.2) is 9.13 Å². The highest BCUT2D eigenvalue weighted by Gasteiger charge is 2.30. The first-order valence-electron chi connectivity index (χ1n) is 40.8. The van der Waals surface area contributed by atoms with Crippen LogP contribution in [0, 0.1) is 0 Å². The fraction of sp³-hybridized carbons (Fsp3) is 0.718. The minimum absolute atomic E-state index is 0.0330. The molecule has 0 aliphatic heterocycles. The van der Waals surface area contributed by atoms with Crippen LogP contribution in [0.4, 0.5) is 0 Å². The maximum atomic E-state index is 13.1. The van der Waals surface area contributed by atoms with Gasteiger partial charge in [-0.2, -0.15) is 0 Å². The number of hydrogen-bond donors (Lipinski definition) is 3. The lowest BCUT2D eigenvalue weighted by Crippen LogP contribution is -2.30. The zero-order valence-corrected chi connectivity index (χ0v) is 67.2. The Morgan fingerprint density at radius 1 is 0.279 bits per heavy atom. The van der Waals surface area contributed by atoms with Crippen LogP contribution in [0.5, 0.6) is 0 Å². The van der Waals surface area contributed by atoms with Crippen LogP contribution >= 0.6 is 15.6 Å². The molecule has 0 amide bonds. The Morgan fingerprint density at radius 2 is 0.519 bits per heavy atom. The first-order chi connectivity index (χ1) is 50.7. The van der Waals surface area contributed by atoms with Crippen LogP contribution in [0.15, 0.2) is 122 Å². The maximum Gasteiger partial charge on any atom is 0.472 e. The van der Waals surface area contributed by atoms with E-state index in [1.165, 1.54) is 83.5 Å². The van der Waals surface area contributed by atoms with Crippen LogP contribution in [-0.2, 0) is 65.4 Å². The van der Waals surface area contributed by atoms with Gasteiger partial charge in [0.1, 0.15) is 19.3 Å². The molecule has 5 atom stereocenters. The molecule has 2 unspecified atom stereocenters. The van der Waals surface area contributed by atoms with Crippen molar-refractivity contribution >= 4 is 39.5 Å². The number of phosphoric acid groups is 2. The van der Waals surface area contributed by atoms with Crippen molar-refractivity contribution < 1.29 is 80.2 Å². The summed E-state index contributed by atoms with van der Waals surface area (Å²) in [5.74, 6) is -2.29. The SMILES string of the molecule is CC/C=C\C/C=C\C/C=C\C/C=C\C/C=C\C/C=C\CCC(=O)OC[C@H](COP(=O)(O)OC[C@@H](O)COP(=O)(O)OC[C@@H](COC(=O)CCCCCCC/C=C\C/C=C\CCCCC)OC(=O)CCCCCCCCC/C=C\CCCCCC)OC(=O)CCCCCCC/C=C\CCCCCCCC. The van der Waals surface area contributed by atoms with Crippen LogP contribution in [0.1, 0.15) is 336 Å². The van der Waals surface area contributed by atoms with Crippen molar-refractivity contribution in [3.05, 3.63) is 122 Å². The molecule has 0 spiro atoms. The van der Waals surface area contributed by atoms with E-state index >= 15 is 0 Å². The van der Waals surface area contributed by atoms with E-state index in [2.05, 4.69) is 131 Å². The predicted molar refractivity (Wildman–Crippen MR) is 427 cm³/mol. The number of aliphatic hydroxyl groups excluding tert-OH is 1. The van der Waals surface area contributed by atoms with Gasteiger partial charge in [0, 0.05) is 25.7 Å². The van der Waals surface area contributed by atoms with Gasteiger partial charge in [-0.1, -0.05) is 284 Å². The normalized spacial score (nSPS) is 14.5. The Hall–Kier alpha value is -4.54. The molecule has 17 nitrogen and oxygen atoms in total. The van der Waals surface area contributed by atoms with Crippen molar-refractivity contribution in [2.24, 2.45) is 0 Å². The van der Waals surface area contributed by atoms with Crippen LogP contribution < -0.4 is 0 Å². The van der Waals surface area contributed by atoms with Crippen LogP contribution in [0.25, 0.3) is 0 Å². The molecule has 0 radical (unpaired) electrons.